The minimum absolute atomic E-state index is 0.288. The molecule has 0 fully saturated rings. The van der Waals surface area contributed by atoms with Gasteiger partial charge in [-0.25, -0.2) is 4.21 Å². The first kappa shape index (κ1) is 10.7. The molecule has 0 heterocycles. The normalized spacial score (nSPS) is 12.5. The maximum Gasteiger partial charge on any atom is 0.190 e. The zero-order chi connectivity index (χ0) is 9.84. The van der Waals surface area contributed by atoms with Crippen LogP contribution >= 0.6 is 15.9 Å². The van der Waals surface area contributed by atoms with Gasteiger partial charge < -0.3 is 9.29 Å². The Bertz CT molecular complexity index is 327. The summed E-state index contributed by atoms with van der Waals surface area (Å²) in [7, 11) is 0. The van der Waals surface area contributed by atoms with E-state index in [1.807, 2.05) is 6.92 Å². The molecular formula is C8H9BrO3S. The van der Waals surface area contributed by atoms with Crippen LogP contribution in [0, 0.1) is 0 Å². The highest BCUT2D eigenvalue weighted by molar-refractivity contribution is 9.10. The van der Waals surface area contributed by atoms with Crippen molar-refractivity contribution in [3.05, 3.63) is 22.7 Å². The molecule has 0 aliphatic rings. The number of hydrogen-bond acceptors (Lipinski definition) is 2. The Morgan fingerprint density at radius 1 is 1.62 bits per heavy atom. The van der Waals surface area contributed by atoms with E-state index in [-0.39, 0.29) is 4.90 Å². The quantitative estimate of drug-likeness (QED) is 0.854. The highest BCUT2D eigenvalue weighted by atomic mass is 79.9. The molecule has 0 saturated carbocycles. The molecule has 0 saturated heterocycles. The standard InChI is InChI=1S/C8H9BrO3S/c1-2-12-7-4-3-6(9)5-8(7)13(10)11/h3-5H,2H2,1H3,(H,10,11). The summed E-state index contributed by atoms with van der Waals surface area (Å²) in [6.07, 6.45) is 0. The van der Waals surface area contributed by atoms with Gasteiger partial charge in [-0.3, -0.25) is 0 Å². The van der Waals surface area contributed by atoms with Crippen LogP contribution in [0.5, 0.6) is 5.75 Å². The van der Waals surface area contributed by atoms with E-state index >= 15 is 0 Å². The van der Waals surface area contributed by atoms with Gasteiger partial charge in [0.2, 0.25) is 0 Å². The first-order valence-corrected chi connectivity index (χ1v) is 5.58. The zero-order valence-electron chi connectivity index (χ0n) is 6.99. The number of halogens is 1. The van der Waals surface area contributed by atoms with E-state index < -0.39 is 11.1 Å². The van der Waals surface area contributed by atoms with Gasteiger partial charge in [-0.2, -0.15) is 0 Å². The summed E-state index contributed by atoms with van der Waals surface area (Å²) in [5, 5.41) is 0. The van der Waals surface area contributed by atoms with Crippen LogP contribution in [0.3, 0.4) is 0 Å². The average Bonchev–Trinajstić information content (AvgIpc) is 2.08. The third-order valence-electron chi connectivity index (χ3n) is 1.39. The summed E-state index contributed by atoms with van der Waals surface area (Å²) < 4.78 is 25.7. The number of hydrogen-bond donors (Lipinski definition) is 1. The minimum atomic E-state index is -2.01. The lowest BCUT2D eigenvalue weighted by atomic mass is 10.3. The molecule has 0 spiro atoms. The van der Waals surface area contributed by atoms with Crippen molar-refractivity contribution < 1.29 is 13.5 Å². The van der Waals surface area contributed by atoms with Crippen LogP contribution in [-0.2, 0) is 11.1 Å². The summed E-state index contributed by atoms with van der Waals surface area (Å²) in [5.41, 5.74) is 0. The molecule has 0 bridgehead atoms. The predicted octanol–water partition coefficient (Wildman–Crippen LogP) is 2.43. The molecule has 1 N–H and O–H groups in total. The molecule has 1 unspecified atom stereocenters. The van der Waals surface area contributed by atoms with Crippen molar-refractivity contribution in [3.63, 3.8) is 0 Å². The van der Waals surface area contributed by atoms with E-state index in [0.717, 1.165) is 4.47 Å². The molecule has 1 aromatic carbocycles. The SMILES string of the molecule is CCOc1ccc(Br)cc1S(=O)O. The summed E-state index contributed by atoms with van der Waals surface area (Å²) in [4.78, 5) is 0.288. The highest BCUT2D eigenvalue weighted by Gasteiger charge is 2.08. The van der Waals surface area contributed by atoms with Crippen LogP contribution < -0.4 is 4.74 Å². The second-order valence-corrected chi connectivity index (χ2v) is 4.13. The van der Waals surface area contributed by atoms with Crippen molar-refractivity contribution in [2.24, 2.45) is 0 Å². The first-order valence-electron chi connectivity index (χ1n) is 3.68. The van der Waals surface area contributed by atoms with Gasteiger partial charge in [0.25, 0.3) is 0 Å². The van der Waals surface area contributed by atoms with E-state index in [9.17, 15) is 4.21 Å². The number of benzene rings is 1. The molecule has 1 atom stereocenters. The molecule has 1 aromatic rings. The highest BCUT2D eigenvalue weighted by Crippen LogP contribution is 2.25. The van der Waals surface area contributed by atoms with Gasteiger partial charge in [0.15, 0.2) is 11.1 Å². The zero-order valence-corrected chi connectivity index (χ0v) is 9.39. The van der Waals surface area contributed by atoms with Gasteiger partial charge in [0.05, 0.1) is 6.61 Å². The maximum atomic E-state index is 10.9. The van der Waals surface area contributed by atoms with Crippen molar-refractivity contribution in [1.29, 1.82) is 0 Å². The van der Waals surface area contributed by atoms with E-state index in [4.69, 9.17) is 9.29 Å². The molecule has 0 aromatic heterocycles. The summed E-state index contributed by atoms with van der Waals surface area (Å²) in [6.45, 7) is 2.30. The van der Waals surface area contributed by atoms with Crippen LogP contribution in [0.25, 0.3) is 0 Å². The van der Waals surface area contributed by atoms with Gasteiger partial charge in [0, 0.05) is 4.47 Å². The Morgan fingerprint density at radius 2 is 2.31 bits per heavy atom. The Hall–Kier alpha value is -0.390. The van der Waals surface area contributed by atoms with Crippen molar-refractivity contribution in [1.82, 2.24) is 0 Å². The van der Waals surface area contributed by atoms with Crippen LogP contribution in [0.15, 0.2) is 27.6 Å². The summed E-state index contributed by atoms with van der Waals surface area (Å²) in [5.74, 6) is 0.450. The van der Waals surface area contributed by atoms with Crippen LogP contribution in [-0.4, -0.2) is 15.4 Å². The lowest BCUT2D eigenvalue weighted by Gasteiger charge is -2.06. The van der Waals surface area contributed by atoms with Crippen molar-refractivity contribution in [2.75, 3.05) is 6.61 Å². The molecule has 13 heavy (non-hydrogen) atoms. The first-order chi connectivity index (χ1) is 6.15. The summed E-state index contributed by atoms with van der Waals surface area (Å²) in [6, 6.07) is 5.00. The van der Waals surface area contributed by atoms with Gasteiger partial charge in [0.1, 0.15) is 10.6 Å². The topological polar surface area (TPSA) is 46.5 Å². The second kappa shape index (κ2) is 4.74. The van der Waals surface area contributed by atoms with Crippen molar-refractivity contribution >= 4 is 27.0 Å². The Morgan fingerprint density at radius 3 is 2.85 bits per heavy atom. The lowest BCUT2D eigenvalue weighted by Crippen LogP contribution is -1.98. The smallest absolute Gasteiger partial charge is 0.190 e. The van der Waals surface area contributed by atoms with E-state index in [0.29, 0.717) is 12.4 Å². The Kier molecular flexibility index (Phi) is 3.90. The molecule has 0 amide bonds. The van der Waals surface area contributed by atoms with Crippen LogP contribution in [0.4, 0.5) is 0 Å². The minimum Gasteiger partial charge on any atom is -0.493 e. The third kappa shape index (κ3) is 2.79. The fourth-order valence-corrected chi connectivity index (χ4v) is 1.93. The average molecular weight is 265 g/mol. The van der Waals surface area contributed by atoms with Gasteiger partial charge in [-0.05, 0) is 25.1 Å². The predicted molar refractivity (Wildman–Crippen MR) is 54.3 cm³/mol. The second-order valence-electron chi connectivity index (χ2n) is 2.27. The van der Waals surface area contributed by atoms with Gasteiger partial charge in [-0.1, -0.05) is 15.9 Å². The monoisotopic (exact) mass is 264 g/mol. The Balaban J connectivity index is 3.10. The van der Waals surface area contributed by atoms with E-state index in [1.165, 1.54) is 0 Å². The van der Waals surface area contributed by atoms with E-state index in [1.54, 1.807) is 18.2 Å². The molecule has 5 heteroatoms. The maximum absolute atomic E-state index is 10.9. The fourth-order valence-electron chi connectivity index (χ4n) is 0.893. The van der Waals surface area contributed by atoms with Gasteiger partial charge >= 0.3 is 0 Å². The van der Waals surface area contributed by atoms with E-state index in [2.05, 4.69) is 15.9 Å². The molecular weight excluding hydrogens is 256 g/mol. The third-order valence-corrected chi connectivity index (χ3v) is 2.58. The molecule has 72 valence electrons. The Labute approximate surface area is 87.5 Å². The van der Waals surface area contributed by atoms with Crippen molar-refractivity contribution in [3.8, 4) is 5.75 Å². The number of ether oxygens (including phenoxy) is 1. The molecule has 0 aliphatic carbocycles. The van der Waals surface area contributed by atoms with Crippen LogP contribution in [0.2, 0.25) is 0 Å². The van der Waals surface area contributed by atoms with Gasteiger partial charge in [-0.15, -0.1) is 0 Å². The molecule has 1 rings (SSSR count). The molecule has 0 aliphatic heterocycles. The summed E-state index contributed by atoms with van der Waals surface area (Å²) >= 11 is 1.21. The van der Waals surface area contributed by atoms with Crippen molar-refractivity contribution in [2.45, 2.75) is 11.8 Å². The number of rotatable bonds is 3. The largest absolute Gasteiger partial charge is 0.493 e. The van der Waals surface area contributed by atoms with Crippen LogP contribution in [0.1, 0.15) is 6.92 Å². The fraction of sp³-hybridized carbons (Fsp3) is 0.250. The molecule has 3 nitrogen and oxygen atoms in total. The lowest BCUT2D eigenvalue weighted by molar-refractivity contribution is 0.330. The molecule has 0 radical (unpaired) electrons.